The number of halogens is 1. The molecule has 1 aromatic rings. The zero-order valence-electron chi connectivity index (χ0n) is 9.09. The van der Waals surface area contributed by atoms with Crippen LogP contribution in [-0.4, -0.2) is 19.4 Å². The molecule has 0 unspecified atom stereocenters. The minimum absolute atomic E-state index is 0.00754. The van der Waals surface area contributed by atoms with E-state index in [1.165, 1.54) is 5.56 Å². The van der Waals surface area contributed by atoms with E-state index in [0.717, 1.165) is 17.9 Å². The van der Waals surface area contributed by atoms with Crippen molar-refractivity contribution < 1.29 is 4.79 Å². The van der Waals surface area contributed by atoms with Crippen LogP contribution in [0.3, 0.4) is 0 Å². The van der Waals surface area contributed by atoms with Crippen molar-refractivity contribution in [1.29, 1.82) is 0 Å². The van der Waals surface area contributed by atoms with Crippen LogP contribution in [0.4, 0.5) is 0 Å². The van der Waals surface area contributed by atoms with E-state index in [1.807, 2.05) is 24.3 Å². The van der Waals surface area contributed by atoms with E-state index in [1.54, 1.807) is 0 Å². The Labute approximate surface area is 95.6 Å². The predicted molar refractivity (Wildman–Crippen MR) is 63.4 cm³/mol. The molecule has 0 fully saturated rings. The lowest BCUT2D eigenvalue weighted by Crippen LogP contribution is -2.33. The second kappa shape index (κ2) is 5.29. The quantitative estimate of drug-likeness (QED) is 0.616. The molecule has 0 heterocycles. The summed E-state index contributed by atoms with van der Waals surface area (Å²) in [7, 11) is 0. The van der Waals surface area contributed by atoms with Crippen molar-refractivity contribution in [1.82, 2.24) is 5.32 Å². The van der Waals surface area contributed by atoms with Crippen LogP contribution in [0, 0.1) is 0 Å². The van der Waals surface area contributed by atoms with E-state index >= 15 is 0 Å². The molecule has 0 aromatic heterocycles. The highest BCUT2D eigenvalue weighted by Gasteiger charge is 2.19. The lowest BCUT2D eigenvalue weighted by Gasteiger charge is -2.25. The maximum absolute atomic E-state index is 10.2. The van der Waals surface area contributed by atoms with Gasteiger partial charge in [0, 0.05) is 17.0 Å². The van der Waals surface area contributed by atoms with Gasteiger partial charge in [-0.25, -0.2) is 0 Å². The largest absolute Gasteiger partial charge is 0.309 e. The molecule has 1 aromatic carbocycles. The van der Waals surface area contributed by atoms with Gasteiger partial charge in [0.1, 0.15) is 6.29 Å². The number of nitrogens with one attached hydrogen (secondary N) is 1. The van der Waals surface area contributed by atoms with Crippen molar-refractivity contribution in [3.8, 4) is 0 Å². The Hall–Kier alpha value is -0.860. The third-order valence-corrected chi connectivity index (χ3v) is 2.67. The van der Waals surface area contributed by atoms with Gasteiger partial charge in [0.15, 0.2) is 0 Å². The van der Waals surface area contributed by atoms with E-state index in [-0.39, 0.29) is 5.41 Å². The molecule has 0 aliphatic rings. The zero-order chi connectivity index (χ0) is 11.3. The molecule has 0 atom stereocenters. The van der Waals surface area contributed by atoms with Crippen molar-refractivity contribution in [3.05, 3.63) is 34.9 Å². The molecule has 0 bridgehead atoms. The van der Waals surface area contributed by atoms with Crippen LogP contribution in [0.2, 0.25) is 5.02 Å². The third kappa shape index (κ3) is 3.65. The number of aldehydes is 1. The van der Waals surface area contributed by atoms with Crippen molar-refractivity contribution in [2.45, 2.75) is 19.3 Å². The molecule has 0 saturated carbocycles. The monoisotopic (exact) mass is 225 g/mol. The number of carbonyl (C=O) groups excluding carboxylic acids is 1. The lowest BCUT2D eigenvalue weighted by atomic mass is 9.84. The Balaban J connectivity index is 2.67. The first-order chi connectivity index (χ1) is 7.06. The van der Waals surface area contributed by atoms with Gasteiger partial charge < -0.3 is 10.1 Å². The Morgan fingerprint density at radius 3 is 2.47 bits per heavy atom. The van der Waals surface area contributed by atoms with Crippen LogP contribution in [0.15, 0.2) is 24.3 Å². The minimum atomic E-state index is 0.00754. The molecule has 0 radical (unpaired) electrons. The number of carbonyl (C=O) groups is 1. The fraction of sp³-hybridized carbons (Fsp3) is 0.417. The van der Waals surface area contributed by atoms with Gasteiger partial charge in [-0.3, -0.25) is 0 Å². The standard InChI is InChI=1S/C12H16ClNO/c1-12(2,9-14-7-8-15)10-3-5-11(13)6-4-10/h3-6,8,14H,7,9H2,1-2H3. The highest BCUT2D eigenvalue weighted by atomic mass is 35.5. The van der Waals surface area contributed by atoms with Crippen molar-refractivity contribution in [3.63, 3.8) is 0 Å². The van der Waals surface area contributed by atoms with Gasteiger partial charge in [-0.15, -0.1) is 0 Å². The first-order valence-corrected chi connectivity index (χ1v) is 5.34. The Kier molecular flexibility index (Phi) is 4.30. The molecule has 15 heavy (non-hydrogen) atoms. The molecule has 1 N–H and O–H groups in total. The topological polar surface area (TPSA) is 29.1 Å². The molecule has 3 heteroatoms. The fourth-order valence-corrected chi connectivity index (χ4v) is 1.57. The lowest BCUT2D eigenvalue weighted by molar-refractivity contribution is -0.107. The van der Waals surface area contributed by atoms with Gasteiger partial charge in [0.25, 0.3) is 0 Å². The van der Waals surface area contributed by atoms with Gasteiger partial charge in [-0.2, -0.15) is 0 Å². The summed E-state index contributed by atoms with van der Waals surface area (Å²) >= 11 is 5.83. The number of hydrogen-bond donors (Lipinski definition) is 1. The summed E-state index contributed by atoms with van der Waals surface area (Å²) in [6, 6.07) is 7.81. The Morgan fingerprint density at radius 2 is 1.93 bits per heavy atom. The molecule has 0 spiro atoms. The Morgan fingerprint density at radius 1 is 1.33 bits per heavy atom. The third-order valence-electron chi connectivity index (χ3n) is 2.42. The number of rotatable bonds is 5. The average molecular weight is 226 g/mol. The molecule has 2 nitrogen and oxygen atoms in total. The molecule has 0 amide bonds. The molecule has 1 rings (SSSR count). The van der Waals surface area contributed by atoms with E-state index in [0.29, 0.717) is 6.54 Å². The van der Waals surface area contributed by atoms with Crippen molar-refractivity contribution in [2.75, 3.05) is 13.1 Å². The van der Waals surface area contributed by atoms with Crippen LogP contribution in [-0.2, 0) is 10.2 Å². The summed E-state index contributed by atoms with van der Waals surface area (Å²) in [5.41, 5.74) is 1.22. The van der Waals surface area contributed by atoms with E-state index < -0.39 is 0 Å². The molecule has 82 valence electrons. The summed E-state index contributed by atoms with van der Waals surface area (Å²) < 4.78 is 0. The van der Waals surface area contributed by atoms with Crippen LogP contribution in [0.5, 0.6) is 0 Å². The molecule has 0 aliphatic carbocycles. The van der Waals surface area contributed by atoms with Crippen LogP contribution in [0.25, 0.3) is 0 Å². The summed E-state index contributed by atoms with van der Waals surface area (Å²) in [6.07, 6.45) is 0.873. The van der Waals surface area contributed by atoms with Crippen molar-refractivity contribution >= 4 is 17.9 Å². The SMILES string of the molecule is CC(C)(CNCC=O)c1ccc(Cl)cc1. The normalized spacial score (nSPS) is 11.4. The summed E-state index contributed by atoms with van der Waals surface area (Å²) in [5.74, 6) is 0. The van der Waals surface area contributed by atoms with Gasteiger partial charge >= 0.3 is 0 Å². The first-order valence-electron chi connectivity index (χ1n) is 4.96. The Bertz CT molecular complexity index is 319. The molecular weight excluding hydrogens is 210 g/mol. The number of benzene rings is 1. The maximum atomic E-state index is 10.2. The van der Waals surface area contributed by atoms with Crippen molar-refractivity contribution in [2.24, 2.45) is 0 Å². The van der Waals surface area contributed by atoms with Crippen LogP contribution < -0.4 is 5.32 Å². The van der Waals surface area contributed by atoms with E-state index in [2.05, 4.69) is 19.2 Å². The van der Waals surface area contributed by atoms with E-state index in [4.69, 9.17) is 11.6 Å². The maximum Gasteiger partial charge on any atom is 0.133 e. The number of hydrogen-bond acceptors (Lipinski definition) is 2. The van der Waals surface area contributed by atoms with Gasteiger partial charge in [0.05, 0.1) is 6.54 Å². The van der Waals surface area contributed by atoms with Gasteiger partial charge in [-0.05, 0) is 17.7 Å². The van der Waals surface area contributed by atoms with Crippen LogP contribution in [0.1, 0.15) is 19.4 Å². The smallest absolute Gasteiger partial charge is 0.133 e. The van der Waals surface area contributed by atoms with Gasteiger partial charge in [-0.1, -0.05) is 37.6 Å². The average Bonchev–Trinajstić information content (AvgIpc) is 2.18. The van der Waals surface area contributed by atoms with Crippen LogP contribution >= 0.6 is 11.6 Å². The highest BCUT2D eigenvalue weighted by molar-refractivity contribution is 6.30. The second-order valence-electron chi connectivity index (χ2n) is 4.19. The minimum Gasteiger partial charge on any atom is -0.309 e. The zero-order valence-corrected chi connectivity index (χ0v) is 9.84. The summed E-state index contributed by atoms with van der Waals surface area (Å²) in [6.45, 7) is 5.44. The fourth-order valence-electron chi connectivity index (χ4n) is 1.45. The summed E-state index contributed by atoms with van der Waals surface area (Å²) in [5, 5.41) is 3.83. The summed E-state index contributed by atoms with van der Waals surface area (Å²) in [4.78, 5) is 10.2. The predicted octanol–water partition coefficient (Wildman–Crippen LogP) is 2.41. The molecular formula is C12H16ClNO. The second-order valence-corrected chi connectivity index (χ2v) is 4.62. The molecule has 0 aliphatic heterocycles. The first kappa shape index (κ1) is 12.2. The molecule has 0 saturated heterocycles. The van der Waals surface area contributed by atoms with E-state index in [9.17, 15) is 4.79 Å². The highest BCUT2D eigenvalue weighted by Crippen LogP contribution is 2.23. The van der Waals surface area contributed by atoms with Gasteiger partial charge in [0.2, 0.25) is 0 Å².